The highest BCUT2D eigenvalue weighted by Crippen LogP contribution is 2.10. The van der Waals surface area contributed by atoms with Crippen LogP contribution < -0.4 is 5.32 Å². The lowest BCUT2D eigenvalue weighted by Gasteiger charge is -2.21. The molecule has 0 aromatic carbocycles. The molecule has 0 radical (unpaired) electrons. The molecule has 5 nitrogen and oxygen atoms in total. The van der Waals surface area contributed by atoms with Crippen molar-refractivity contribution < 1.29 is 14.7 Å². The van der Waals surface area contributed by atoms with Crippen molar-refractivity contribution in [3.63, 3.8) is 0 Å². The van der Waals surface area contributed by atoms with E-state index in [0.717, 1.165) is 5.69 Å². The second-order valence-electron chi connectivity index (χ2n) is 5.01. The van der Waals surface area contributed by atoms with Gasteiger partial charge in [0, 0.05) is 11.7 Å². The maximum Gasteiger partial charge on any atom is 0.305 e. The van der Waals surface area contributed by atoms with Gasteiger partial charge in [0.15, 0.2) is 0 Å². The van der Waals surface area contributed by atoms with Crippen LogP contribution in [0.15, 0.2) is 12.1 Å². The van der Waals surface area contributed by atoms with Crippen molar-refractivity contribution in [2.24, 2.45) is 5.92 Å². The van der Waals surface area contributed by atoms with Gasteiger partial charge in [-0.15, -0.1) is 0 Å². The summed E-state index contributed by atoms with van der Waals surface area (Å²) >= 11 is 0. The highest BCUT2D eigenvalue weighted by Gasteiger charge is 2.21. The minimum absolute atomic E-state index is 0.0544. The molecule has 0 spiro atoms. The number of aryl methyl sites for hydroxylation is 2. The zero-order valence-corrected chi connectivity index (χ0v) is 11.7. The molecule has 2 N–H and O–H groups in total. The SMILES string of the molecule is Cc1ccc(C(=O)NC(CC(=O)O)C(C)C)c(C)n1. The van der Waals surface area contributed by atoms with Crippen LogP contribution in [0.3, 0.4) is 0 Å². The number of hydrogen-bond donors (Lipinski definition) is 2. The topological polar surface area (TPSA) is 79.3 Å². The van der Waals surface area contributed by atoms with Crippen molar-refractivity contribution in [3.8, 4) is 0 Å². The Morgan fingerprint density at radius 1 is 1.32 bits per heavy atom. The van der Waals surface area contributed by atoms with Gasteiger partial charge in [-0.05, 0) is 31.9 Å². The van der Waals surface area contributed by atoms with Gasteiger partial charge in [-0.2, -0.15) is 0 Å². The zero-order valence-electron chi connectivity index (χ0n) is 11.7. The third-order valence-electron chi connectivity index (χ3n) is 2.99. The average Bonchev–Trinajstić information content (AvgIpc) is 2.26. The molecule has 0 fully saturated rings. The number of pyridine rings is 1. The lowest BCUT2D eigenvalue weighted by molar-refractivity contribution is -0.137. The standard InChI is InChI=1S/C14H20N2O3/c1-8(2)12(7-13(17)18)16-14(19)11-6-5-9(3)15-10(11)4/h5-6,8,12H,7H2,1-4H3,(H,16,19)(H,17,18). The number of aromatic nitrogens is 1. The number of hydrogen-bond acceptors (Lipinski definition) is 3. The molecule has 1 atom stereocenters. The number of carbonyl (C=O) groups is 2. The fourth-order valence-corrected chi connectivity index (χ4v) is 1.81. The molecule has 5 heteroatoms. The van der Waals surface area contributed by atoms with Crippen LogP contribution in [0, 0.1) is 19.8 Å². The Morgan fingerprint density at radius 3 is 2.42 bits per heavy atom. The summed E-state index contributed by atoms with van der Waals surface area (Å²) in [6.07, 6.45) is -0.0816. The Labute approximate surface area is 113 Å². The van der Waals surface area contributed by atoms with Gasteiger partial charge in [-0.25, -0.2) is 0 Å². The van der Waals surface area contributed by atoms with Crippen molar-refractivity contribution in [1.29, 1.82) is 0 Å². The zero-order chi connectivity index (χ0) is 14.6. The number of carbonyl (C=O) groups excluding carboxylic acids is 1. The van der Waals surface area contributed by atoms with E-state index in [1.807, 2.05) is 20.8 Å². The largest absolute Gasteiger partial charge is 0.481 e. The number of nitrogens with one attached hydrogen (secondary N) is 1. The molecule has 19 heavy (non-hydrogen) atoms. The molecule has 0 aliphatic rings. The summed E-state index contributed by atoms with van der Waals surface area (Å²) in [5.74, 6) is -1.14. The molecular weight excluding hydrogens is 244 g/mol. The van der Waals surface area contributed by atoms with E-state index in [4.69, 9.17) is 5.11 Å². The molecule has 0 saturated carbocycles. The van der Waals surface area contributed by atoms with E-state index in [0.29, 0.717) is 11.3 Å². The Kier molecular flexibility index (Phi) is 5.03. The Balaban J connectivity index is 2.84. The van der Waals surface area contributed by atoms with E-state index >= 15 is 0 Å². The first-order valence-corrected chi connectivity index (χ1v) is 6.28. The first-order chi connectivity index (χ1) is 8.81. The van der Waals surface area contributed by atoms with Crippen molar-refractivity contribution in [2.75, 3.05) is 0 Å². The van der Waals surface area contributed by atoms with Crippen LogP contribution in [-0.2, 0) is 4.79 Å². The molecule has 0 saturated heterocycles. The van der Waals surface area contributed by atoms with Crippen LogP contribution in [0.1, 0.15) is 42.0 Å². The van der Waals surface area contributed by atoms with Gasteiger partial charge in [0.2, 0.25) is 0 Å². The minimum Gasteiger partial charge on any atom is -0.481 e. The molecule has 1 unspecified atom stereocenters. The summed E-state index contributed by atoms with van der Waals surface area (Å²) in [5.41, 5.74) is 1.98. The maximum atomic E-state index is 12.1. The summed E-state index contributed by atoms with van der Waals surface area (Å²) in [6, 6.07) is 3.10. The van der Waals surface area contributed by atoms with Gasteiger partial charge in [0.05, 0.1) is 17.7 Å². The normalized spacial score (nSPS) is 12.3. The van der Waals surface area contributed by atoms with Gasteiger partial charge in [-0.3, -0.25) is 14.6 Å². The molecule has 1 aromatic rings. The molecular formula is C14H20N2O3. The number of amides is 1. The van der Waals surface area contributed by atoms with E-state index in [2.05, 4.69) is 10.3 Å². The fraction of sp³-hybridized carbons (Fsp3) is 0.500. The highest BCUT2D eigenvalue weighted by atomic mass is 16.4. The van der Waals surface area contributed by atoms with Crippen molar-refractivity contribution in [2.45, 2.75) is 40.2 Å². The molecule has 1 aromatic heterocycles. The quantitative estimate of drug-likeness (QED) is 0.851. The minimum atomic E-state index is -0.919. The van der Waals surface area contributed by atoms with Crippen molar-refractivity contribution in [1.82, 2.24) is 10.3 Å². The number of carboxylic acid groups (broad SMARTS) is 1. The average molecular weight is 264 g/mol. The summed E-state index contributed by atoms with van der Waals surface area (Å²) in [6.45, 7) is 7.39. The summed E-state index contributed by atoms with van der Waals surface area (Å²) in [4.78, 5) is 27.1. The number of rotatable bonds is 5. The molecule has 0 aliphatic heterocycles. The van der Waals surface area contributed by atoms with Crippen LogP contribution in [-0.4, -0.2) is 28.0 Å². The van der Waals surface area contributed by atoms with E-state index in [-0.39, 0.29) is 24.3 Å². The highest BCUT2D eigenvalue weighted by molar-refractivity contribution is 5.95. The molecule has 1 rings (SSSR count). The third kappa shape index (κ3) is 4.35. The first-order valence-electron chi connectivity index (χ1n) is 6.28. The van der Waals surface area contributed by atoms with E-state index in [1.54, 1.807) is 19.1 Å². The van der Waals surface area contributed by atoms with E-state index in [1.165, 1.54) is 0 Å². The fourth-order valence-electron chi connectivity index (χ4n) is 1.81. The number of nitrogens with zero attached hydrogens (tertiary/aromatic N) is 1. The van der Waals surface area contributed by atoms with Gasteiger partial charge >= 0.3 is 5.97 Å². The molecule has 0 aliphatic carbocycles. The predicted molar refractivity (Wildman–Crippen MR) is 72.1 cm³/mol. The molecule has 0 bridgehead atoms. The number of carboxylic acids is 1. The van der Waals surface area contributed by atoms with E-state index in [9.17, 15) is 9.59 Å². The van der Waals surface area contributed by atoms with Crippen LogP contribution in [0.5, 0.6) is 0 Å². The monoisotopic (exact) mass is 264 g/mol. The molecule has 104 valence electrons. The second-order valence-corrected chi connectivity index (χ2v) is 5.01. The molecule has 1 heterocycles. The van der Waals surface area contributed by atoms with Crippen LogP contribution in [0.4, 0.5) is 0 Å². The van der Waals surface area contributed by atoms with Crippen molar-refractivity contribution >= 4 is 11.9 Å². The Morgan fingerprint density at radius 2 is 1.95 bits per heavy atom. The van der Waals surface area contributed by atoms with E-state index < -0.39 is 5.97 Å². The third-order valence-corrected chi connectivity index (χ3v) is 2.99. The van der Waals surface area contributed by atoms with Gasteiger partial charge in [0.1, 0.15) is 0 Å². The lowest BCUT2D eigenvalue weighted by atomic mass is 10.0. The van der Waals surface area contributed by atoms with Gasteiger partial charge in [-0.1, -0.05) is 13.8 Å². The summed E-state index contributed by atoms with van der Waals surface area (Å²) < 4.78 is 0. The van der Waals surface area contributed by atoms with Crippen LogP contribution in [0.2, 0.25) is 0 Å². The summed E-state index contributed by atoms with van der Waals surface area (Å²) in [7, 11) is 0. The lowest BCUT2D eigenvalue weighted by Crippen LogP contribution is -2.40. The second kappa shape index (κ2) is 6.31. The van der Waals surface area contributed by atoms with Gasteiger partial charge < -0.3 is 10.4 Å². The van der Waals surface area contributed by atoms with Crippen molar-refractivity contribution in [3.05, 3.63) is 29.1 Å². The first kappa shape index (κ1) is 15.1. The molecule has 1 amide bonds. The Hall–Kier alpha value is -1.91. The maximum absolute atomic E-state index is 12.1. The van der Waals surface area contributed by atoms with Gasteiger partial charge in [0.25, 0.3) is 5.91 Å². The smallest absolute Gasteiger partial charge is 0.305 e. The number of aliphatic carboxylic acids is 1. The van der Waals surface area contributed by atoms with Crippen LogP contribution in [0.25, 0.3) is 0 Å². The van der Waals surface area contributed by atoms with Crippen LogP contribution >= 0.6 is 0 Å². The Bertz CT molecular complexity index is 484. The predicted octanol–water partition coefficient (Wildman–Crippen LogP) is 1.93. The summed E-state index contributed by atoms with van der Waals surface area (Å²) in [5, 5.41) is 11.6.